The van der Waals surface area contributed by atoms with Crippen molar-refractivity contribution >= 4 is 39.6 Å². The molecule has 2 heterocycles. The van der Waals surface area contributed by atoms with Crippen LogP contribution in [-0.2, 0) is 0 Å². The van der Waals surface area contributed by atoms with Crippen LogP contribution in [0.4, 0.5) is 0 Å². The molecule has 3 aromatic rings. The van der Waals surface area contributed by atoms with Crippen LogP contribution in [0.1, 0.15) is 22.2 Å². The molecule has 1 aromatic carbocycles. The Morgan fingerprint density at radius 2 is 2.25 bits per heavy atom. The first kappa shape index (κ1) is 13.2. The largest absolute Gasteiger partial charge is 0.493 e. The second-order valence-electron chi connectivity index (χ2n) is 4.24. The normalized spacial score (nSPS) is 10.9. The minimum absolute atomic E-state index is 0.0802. The number of rotatable bonds is 4. The van der Waals surface area contributed by atoms with Crippen LogP contribution < -0.4 is 4.74 Å². The maximum atomic E-state index is 12.6. The van der Waals surface area contributed by atoms with Crippen LogP contribution in [0.25, 0.3) is 10.9 Å². The number of hydrogen-bond donors (Lipinski definition) is 1. The lowest BCUT2D eigenvalue weighted by Gasteiger charge is -2.06. The van der Waals surface area contributed by atoms with Gasteiger partial charge in [0.1, 0.15) is 5.75 Å². The first-order valence-corrected chi connectivity index (χ1v) is 7.48. The van der Waals surface area contributed by atoms with E-state index in [4.69, 9.17) is 16.3 Å². The van der Waals surface area contributed by atoms with E-state index in [0.29, 0.717) is 27.8 Å². The number of H-pyrrole nitrogens is 1. The molecule has 102 valence electrons. The number of aromatic nitrogens is 1. The number of thiophene rings is 1. The van der Waals surface area contributed by atoms with Gasteiger partial charge < -0.3 is 9.72 Å². The number of carbonyl (C=O) groups excluding carboxylic acids is 1. The summed E-state index contributed by atoms with van der Waals surface area (Å²) >= 11 is 7.40. The van der Waals surface area contributed by atoms with Crippen molar-refractivity contribution in [3.8, 4) is 5.75 Å². The van der Waals surface area contributed by atoms with E-state index in [-0.39, 0.29) is 5.78 Å². The number of nitrogens with one attached hydrogen (secondary N) is 1. The van der Waals surface area contributed by atoms with Gasteiger partial charge in [-0.3, -0.25) is 4.79 Å². The molecule has 0 aliphatic heterocycles. The van der Waals surface area contributed by atoms with Gasteiger partial charge in [0.15, 0.2) is 0 Å². The van der Waals surface area contributed by atoms with Crippen molar-refractivity contribution in [3.63, 3.8) is 0 Å². The maximum Gasteiger partial charge on any atom is 0.206 e. The predicted octanol–water partition coefficient (Wildman–Crippen LogP) is 4.51. The Morgan fingerprint density at radius 1 is 1.40 bits per heavy atom. The van der Waals surface area contributed by atoms with Gasteiger partial charge in [0, 0.05) is 11.7 Å². The smallest absolute Gasteiger partial charge is 0.206 e. The van der Waals surface area contributed by atoms with Gasteiger partial charge in [-0.2, -0.15) is 0 Å². The third kappa shape index (κ3) is 2.11. The average molecular weight is 306 g/mol. The van der Waals surface area contributed by atoms with Crippen LogP contribution in [0.3, 0.4) is 0 Å². The van der Waals surface area contributed by atoms with E-state index in [1.807, 2.05) is 30.5 Å². The molecular formula is C15H12ClNO2S. The standard InChI is InChI=1S/C15H12ClNO2S/c1-2-19-12-5-3-4-11-13(12)9(8-17-11)14(18)15-10(16)6-7-20-15/h3-8,17H,2H2,1H3. The summed E-state index contributed by atoms with van der Waals surface area (Å²) in [5.74, 6) is 0.630. The number of fused-ring (bicyclic) bond motifs is 1. The zero-order chi connectivity index (χ0) is 14.1. The lowest BCUT2D eigenvalue weighted by atomic mass is 10.1. The van der Waals surface area contributed by atoms with Crippen LogP contribution in [0, 0.1) is 0 Å². The molecule has 20 heavy (non-hydrogen) atoms. The molecule has 3 rings (SSSR count). The molecule has 5 heteroatoms. The number of halogens is 1. The Kier molecular flexibility index (Phi) is 3.51. The summed E-state index contributed by atoms with van der Waals surface area (Å²) in [6.45, 7) is 2.47. The monoisotopic (exact) mass is 305 g/mol. The zero-order valence-corrected chi connectivity index (χ0v) is 12.3. The molecule has 0 saturated heterocycles. The average Bonchev–Trinajstić information content (AvgIpc) is 3.05. The summed E-state index contributed by atoms with van der Waals surface area (Å²) in [7, 11) is 0. The highest BCUT2D eigenvalue weighted by Crippen LogP contribution is 2.33. The van der Waals surface area contributed by atoms with Gasteiger partial charge in [-0.15, -0.1) is 11.3 Å². The van der Waals surface area contributed by atoms with E-state index in [0.717, 1.165) is 10.9 Å². The lowest BCUT2D eigenvalue weighted by Crippen LogP contribution is -2.00. The molecule has 0 bridgehead atoms. The summed E-state index contributed by atoms with van der Waals surface area (Å²) in [6, 6.07) is 7.42. The fourth-order valence-electron chi connectivity index (χ4n) is 2.18. The fourth-order valence-corrected chi connectivity index (χ4v) is 3.28. The van der Waals surface area contributed by atoms with Crippen LogP contribution in [-0.4, -0.2) is 17.4 Å². The lowest BCUT2D eigenvalue weighted by molar-refractivity contribution is 0.104. The molecule has 0 amide bonds. The van der Waals surface area contributed by atoms with Gasteiger partial charge >= 0.3 is 0 Å². The van der Waals surface area contributed by atoms with Crippen molar-refractivity contribution in [1.82, 2.24) is 4.98 Å². The van der Waals surface area contributed by atoms with Crippen molar-refractivity contribution < 1.29 is 9.53 Å². The van der Waals surface area contributed by atoms with E-state index < -0.39 is 0 Å². The molecule has 0 aliphatic rings. The van der Waals surface area contributed by atoms with Gasteiger partial charge in [0.25, 0.3) is 0 Å². The van der Waals surface area contributed by atoms with Gasteiger partial charge in [0.2, 0.25) is 5.78 Å². The second kappa shape index (κ2) is 5.31. The molecule has 1 N–H and O–H groups in total. The van der Waals surface area contributed by atoms with E-state index >= 15 is 0 Å². The van der Waals surface area contributed by atoms with Crippen molar-refractivity contribution in [2.45, 2.75) is 6.92 Å². The SMILES string of the molecule is CCOc1cccc2[nH]cc(C(=O)c3sccc3Cl)c12. The van der Waals surface area contributed by atoms with Crippen LogP contribution in [0.2, 0.25) is 5.02 Å². The van der Waals surface area contributed by atoms with E-state index in [2.05, 4.69) is 4.98 Å². The van der Waals surface area contributed by atoms with Crippen LogP contribution in [0.15, 0.2) is 35.8 Å². The van der Waals surface area contributed by atoms with Crippen LogP contribution in [0.5, 0.6) is 5.75 Å². The molecule has 0 radical (unpaired) electrons. The molecule has 2 aromatic heterocycles. The Labute approximate surface area is 125 Å². The maximum absolute atomic E-state index is 12.6. The van der Waals surface area contributed by atoms with Crippen LogP contribution >= 0.6 is 22.9 Å². The first-order chi connectivity index (χ1) is 9.72. The number of benzene rings is 1. The first-order valence-electron chi connectivity index (χ1n) is 6.23. The van der Waals surface area contributed by atoms with E-state index in [1.165, 1.54) is 11.3 Å². The Hall–Kier alpha value is -1.78. The fraction of sp³-hybridized carbons (Fsp3) is 0.133. The van der Waals surface area contributed by atoms with Gasteiger partial charge in [-0.05, 0) is 30.5 Å². The Balaban J connectivity index is 2.17. The van der Waals surface area contributed by atoms with Crippen molar-refractivity contribution in [1.29, 1.82) is 0 Å². The summed E-state index contributed by atoms with van der Waals surface area (Å²) in [5, 5.41) is 3.11. The quantitative estimate of drug-likeness (QED) is 0.720. The Bertz CT molecular complexity index is 775. The minimum Gasteiger partial charge on any atom is -0.493 e. The number of hydrogen-bond acceptors (Lipinski definition) is 3. The summed E-state index contributed by atoms with van der Waals surface area (Å²) < 4.78 is 5.61. The third-order valence-electron chi connectivity index (χ3n) is 3.04. The molecule has 0 aliphatic carbocycles. The van der Waals surface area contributed by atoms with Crippen molar-refractivity contribution in [2.75, 3.05) is 6.61 Å². The predicted molar refractivity (Wildman–Crippen MR) is 82.2 cm³/mol. The molecule has 0 fully saturated rings. The molecule has 0 spiro atoms. The molecule has 0 unspecified atom stereocenters. The zero-order valence-electron chi connectivity index (χ0n) is 10.8. The molecule has 0 atom stereocenters. The van der Waals surface area contributed by atoms with Gasteiger partial charge in [0.05, 0.1) is 27.5 Å². The topological polar surface area (TPSA) is 42.1 Å². The molecular weight excluding hydrogens is 294 g/mol. The highest BCUT2D eigenvalue weighted by Gasteiger charge is 2.20. The van der Waals surface area contributed by atoms with Gasteiger partial charge in [-0.25, -0.2) is 0 Å². The summed E-state index contributed by atoms with van der Waals surface area (Å²) in [6.07, 6.45) is 1.71. The number of aromatic amines is 1. The number of carbonyl (C=O) groups is 1. The summed E-state index contributed by atoms with van der Waals surface area (Å²) in [5.41, 5.74) is 1.47. The van der Waals surface area contributed by atoms with E-state index in [1.54, 1.807) is 12.3 Å². The van der Waals surface area contributed by atoms with E-state index in [9.17, 15) is 4.79 Å². The summed E-state index contributed by atoms with van der Waals surface area (Å²) in [4.78, 5) is 16.3. The highest BCUT2D eigenvalue weighted by molar-refractivity contribution is 7.13. The molecule has 3 nitrogen and oxygen atoms in total. The minimum atomic E-state index is -0.0802. The van der Waals surface area contributed by atoms with Crippen molar-refractivity contribution in [3.05, 3.63) is 51.3 Å². The molecule has 0 saturated carbocycles. The second-order valence-corrected chi connectivity index (χ2v) is 5.56. The highest BCUT2D eigenvalue weighted by atomic mass is 35.5. The Morgan fingerprint density at radius 3 is 2.95 bits per heavy atom. The third-order valence-corrected chi connectivity index (χ3v) is 4.38. The number of ketones is 1. The van der Waals surface area contributed by atoms with Crippen molar-refractivity contribution in [2.24, 2.45) is 0 Å². The number of ether oxygens (including phenoxy) is 1. The van der Waals surface area contributed by atoms with Gasteiger partial charge in [-0.1, -0.05) is 17.7 Å².